The zero-order valence-corrected chi connectivity index (χ0v) is 21.6. The Kier molecular flexibility index (Phi) is 9.83. The molecule has 2 aromatic rings. The maximum absolute atomic E-state index is 11.2. The molecule has 1 aromatic carbocycles. The average molecular weight is 518 g/mol. The van der Waals surface area contributed by atoms with Crippen molar-refractivity contribution in [3.63, 3.8) is 0 Å². The molecule has 3 N–H and O–H groups in total. The van der Waals surface area contributed by atoms with Gasteiger partial charge in [-0.25, -0.2) is 0 Å². The number of nitrogens with zero attached hydrogens (tertiary/aromatic N) is 3. The lowest BCUT2D eigenvalue weighted by Crippen LogP contribution is -2.51. The van der Waals surface area contributed by atoms with Gasteiger partial charge in [-0.05, 0) is 24.0 Å². The summed E-state index contributed by atoms with van der Waals surface area (Å²) in [5.41, 5.74) is 10.0. The highest BCUT2D eigenvalue weighted by molar-refractivity contribution is 7.84. The summed E-state index contributed by atoms with van der Waals surface area (Å²) in [7, 11) is 0.815. The molecule has 1 saturated heterocycles. The van der Waals surface area contributed by atoms with Gasteiger partial charge in [0.05, 0.1) is 22.9 Å². The van der Waals surface area contributed by atoms with Crippen LogP contribution in [-0.2, 0) is 20.3 Å². The number of carbonyl (C=O) groups is 1. The first-order chi connectivity index (χ1) is 16.9. The van der Waals surface area contributed by atoms with Crippen LogP contribution in [0.4, 0.5) is 5.69 Å². The lowest BCUT2D eigenvalue weighted by molar-refractivity contribution is -0.111. The third-order valence-electron chi connectivity index (χ3n) is 6.25. The van der Waals surface area contributed by atoms with Crippen LogP contribution in [0.5, 0.6) is 0 Å². The highest BCUT2D eigenvalue weighted by atomic mass is 35.5. The molecule has 1 aliphatic heterocycles. The topological polar surface area (TPSA) is 110 Å². The van der Waals surface area contributed by atoms with Crippen LogP contribution in [0, 0.1) is 0 Å². The summed E-state index contributed by atoms with van der Waals surface area (Å²) in [6.45, 7) is 2.45. The summed E-state index contributed by atoms with van der Waals surface area (Å²) in [6, 6.07) is 8.00. The second kappa shape index (κ2) is 12.8. The number of aliphatic imine (C=N–C) groups is 1. The van der Waals surface area contributed by atoms with Gasteiger partial charge in [0, 0.05) is 85.5 Å². The van der Waals surface area contributed by atoms with Crippen LogP contribution >= 0.6 is 11.6 Å². The van der Waals surface area contributed by atoms with Crippen molar-refractivity contribution in [2.24, 2.45) is 10.7 Å². The van der Waals surface area contributed by atoms with Gasteiger partial charge in [0.1, 0.15) is 0 Å². The SMILES string of the molecule is COC1(CNC=O)CCN(c2c(Cl)cncc2-c2ccc(C(C=NCCS(C)=O)=CN)cc2)CC1. The summed E-state index contributed by atoms with van der Waals surface area (Å²) >= 11 is 6.64. The first-order valence-corrected chi connectivity index (χ1v) is 13.5. The van der Waals surface area contributed by atoms with Crippen LogP contribution in [0.3, 0.4) is 0 Å². The molecule has 0 aliphatic carbocycles. The largest absolute Gasteiger partial charge is 0.404 e. The molecule has 1 atom stereocenters. The van der Waals surface area contributed by atoms with Gasteiger partial charge in [0.2, 0.25) is 6.41 Å². The molecular weight excluding hydrogens is 486 g/mol. The number of amides is 1. The van der Waals surface area contributed by atoms with Crippen LogP contribution in [0.2, 0.25) is 5.02 Å². The smallest absolute Gasteiger partial charge is 0.207 e. The molecule has 0 radical (unpaired) electrons. The molecule has 0 saturated carbocycles. The molecule has 1 fully saturated rings. The lowest BCUT2D eigenvalue weighted by Gasteiger charge is -2.42. The number of anilines is 1. The highest BCUT2D eigenvalue weighted by Crippen LogP contribution is 2.39. The first kappa shape index (κ1) is 26.8. The normalized spacial score (nSPS) is 16.9. The molecule has 8 nitrogen and oxygen atoms in total. The maximum Gasteiger partial charge on any atom is 0.207 e. The molecule has 1 aliphatic rings. The summed E-state index contributed by atoms with van der Waals surface area (Å²) in [5.74, 6) is 0.521. The zero-order valence-electron chi connectivity index (χ0n) is 20.1. The van der Waals surface area contributed by atoms with Crippen LogP contribution in [0.15, 0.2) is 47.9 Å². The Bertz CT molecular complexity index is 1080. The van der Waals surface area contributed by atoms with Crippen LogP contribution < -0.4 is 16.0 Å². The van der Waals surface area contributed by atoms with Crippen LogP contribution in [0.25, 0.3) is 16.7 Å². The van der Waals surface area contributed by atoms with Crippen LogP contribution in [-0.4, -0.2) is 72.7 Å². The van der Waals surface area contributed by atoms with E-state index in [-0.39, 0.29) is 5.60 Å². The molecule has 1 unspecified atom stereocenters. The van der Waals surface area contributed by atoms with E-state index in [1.807, 2.05) is 30.5 Å². The van der Waals surface area contributed by atoms with Crippen molar-refractivity contribution in [3.05, 3.63) is 53.4 Å². The summed E-state index contributed by atoms with van der Waals surface area (Å²) in [4.78, 5) is 21.7. The molecule has 1 aromatic heterocycles. The lowest BCUT2D eigenvalue weighted by atomic mass is 9.90. The number of benzene rings is 1. The number of aromatic nitrogens is 1. The average Bonchev–Trinajstić information content (AvgIpc) is 2.88. The Morgan fingerprint density at radius 2 is 2.03 bits per heavy atom. The van der Waals surface area contributed by atoms with Gasteiger partial charge in [-0.15, -0.1) is 0 Å². The minimum atomic E-state index is -0.874. The zero-order chi connectivity index (χ0) is 25.3. The quantitative estimate of drug-likeness (QED) is 0.350. The third-order valence-corrected chi connectivity index (χ3v) is 7.29. The van der Waals surface area contributed by atoms with E-state index in [1.54, 1.807) is 25.8 Å². The van der Waals surface area contributed by atoms with Gasteiger partial charge in [-0.2, -0.15) is 0 Å². The van der Waals surface area contributed by atoms with E-state index in [9.17, 15) is 9.00 Å². The first-order valence-electron chi connectivity index (χ1n) is 11.4. The van der Waals surface area contributed by atoms with Crippen molar-refractivity contribution in [1.29, 1.82) is 0 Å². The van der Waals surface area contributed by atoms with Gasteiger partial charge in [0.15, 0.2) is 0 Å². The third kappa shape index (κ3) is 6.90. The molecule has 0 bridgehead atoms. The second-order valence-electron chi connectivity index (χ2n) is 8.40. The van der Waals surface area contributed by atoms with E-state index in [1.165, 1.54) is 6.20 Å². The number of hydrogen-bond donors (Lipinski definition) is 2. The molecule has 3 rings (SSSR count). The van der Waals surface area contributed by atoms with Crippen molar-refractivity contribution < 1.29 is 13.7 Å². The van der Waals surface area contributed by atoms with E-state index in [4.69, 9.17) is 22.1 Å². The minimum Gasteiger partial charge on any atom is -0.404 e. The molecule has 188 valence electrons. The number of carbonyl (C=O) groups excluding carboxylic acids is 1. The monoisotopic (exact) mass is 517 g/mol. The van der Waals surface area contributed by atoms with E-state index >= 15 is 0 Å². The van der Waals surface area contributed by atoms with Gasteiger partial charge >= 0.3 is 0 Å². The summed E-state index contributed by atoms with van der Waals surface area (Å²) in [6.07, 6.45) is 10.6. The molecule has 2 heterocycles. The number of methoxy groups -OCH3 is 1. The Hall–Kier alpha value is -2.75. The number of nitrogens with one attached hydrogen (secondary N) is 1. The van der Waals surface area contributed by atoms with Gasteiger partial charge in [-0.1, -0.05) is 35.9 Å². The van der Waals surface area contributed by atoms with Crippen molar-refractivity contribution in [1.82, 2.24) is 10.3 Å². The number of ether oxygens (including phenoxy) is 1. The molecular formula is C25H32ClN5O3S. The molecule has 1 amide bonds. The number of allylic oxidation sites excluding steroid dienone is 1. The molecule has 35 heavy (non-hydrogen) atoms. The Morgan fingerprint density at radius 3 is 2.63 bits per heavy atom. The minimum absolute atomic E-state index is 0.378. The maximum atomic E-state index is 11.2. The number of pyridine rings is 1. The fraction of sp³-hybridized carbons (Fsp3) is 0.400. The van der Waals surface area contributed by atoms with Crippen LogP contribution in [0.1, 0.15) is 18.4 Å². The number of halogens is 1. The molecule has 10 heteroatoms. The Balaban J connectivity index is 1.80. The van der Waals surface area contributed by atoms with E-state index < -0.39 is 10.8 Å². The van der Waals surface area contributed by atoms with Gasteiger partial charge in [0.25, 0.3) is 0 Å². The number of piperidine rings is 1. The summed E-state index contributed by atoms with van der Waals surface area (Å²) in [5, 5.41) is 3.34. The highest BCUT2D eigenvalue weighted by Gasteiger charge is 2.35. The van der Waals surface area contributed by atoms with Crippen molar-refractivity contribution in [3.8, 4) is 11.1 Å². The van der Waals surface area contributed by atoms with E-state index in [0.29, 0.717) is 30.3 Å². The number of hydrogen-bond acceptors (Lipinski definition) is 7. The van der Waals surface area contributed by atoms with E-state index in [0.717, 1.165) is 53.9 Å². The van der Waals surface area contributed by atoms with Gasteiger partial charge < -0.3 is 20.7 Å². The fourth-order valence-corrected chi connectivity index (χ4v) is 4.82. The van der Waals surface area contributed by atoms with Gasteiger partial charge in [-0.3, -0.25) is 19.0 Å². The fourth-order valence-electron chi connectivity index (χ4n) is 4.18. The standard InChI is InChI=1S/C25H32ClN5O3S/c1-34-25(17-30-18-32)7-10-31(11-8-25)24-22(15-29-16-23(24)26)20-5-3-19(4-6-20)21(13-27)14-28-9-12-35(2)33/h3-6,13-16,18H,7-12,17,27H2,1-2H3,(H,30,32). The second-order valence-corrected chi connectivity index (χ2v) is 10.4. The Labute approximate surface area is 214 Å². The Morgan fingerprint density at radius 1 is 1.31 bits per heavy atom. The van der Waals surface area contributed by atoms with Crippen molar-refractivity contribution in [2.75, 3.05) is 50.2 Å². The van der Waals surface area contributed by atoms with Crippen molar-refractivity contribution in [2.45, 2.75) is 18.4 Å². The number of rotatable bonds is 11. The number of nitrogens with two attached hydrogens (primary N) is 1. The predicted molar refractivity (Wildman–Crippen MR) is 144 cm³/mol. The molecule has 0 spiro atoms. The van der Waals surface area contributed by atoms with Crippen molar-refractivity contribution >= 4 is 46.3 Å². The predicted octanol–water partition coefficient (Wildman–Crippen LogP) is 2.88. The summed E-state index contributed by atoms with van der Waals surface area (Å²) < 4.78 is 17.0. The van der Waals surface area contributed by atoms with E-state index in [2.05, 4.69) is 20.2 Å².